The third-order valence-corrected chi connectivity index (χ3v) is 5.38. The van der Waals surface area contributed by atoms with Crippen LogP contribution in [0.15, 0.2) is 54.9 Å². The van der Waals surface area contributed by atoms with Gasteiger partial charge in [0.15, 0.2) is 11.4 Å². The number of benzene rings is 1. The highest BCUT2D eigenvalue weighted by Gasteiger charge is 2.32. The maximum atomic E-state index is 12.7. The first-order chi connectivity index (χ1) is 15.4. The molecule has 5 rings (SSSR count). The van der Waals surface area contributed by atoms with Crippen LogP contribution in [-0.4, -0.2) is 25.9 Å². The molecule has 4 aromatic rings. The number of aromatic nitrogens is 4. The summed E-state index contributed by atoms with van der Waals surface area (Å²) in [5.74, 6) is 0.864. The van der Waals surface area contributed by atoms with Gasteiger partial charge < -0.3 is 10.1 Å². The van der Waals surface area contributed by atoms with Crippen LogP contribution in [0, 0.1) is 0 Å². The van der Waals surface area contributed by atoms with Gasteiger partial charge >= 0.3 is 6.36 Å². The molecule has 1 N–H and O–H groups in total. The number of anilines is 1. The van der Waals surface area contributed by atoms with Crippen LogP contribution in [0.4, 0.5) is 19.0 Å². The van der Waals surface area contributed by atoms with E-state index in [1.54, 1.807) is 22.7 Å². The van der Waals surface area contributed by atoms with E-state index in [4.69, 9.17) is 11.6 Å². The molecule has 1 fully saturated rings. The smallest absolute Gasteiger partial charge is 0.403 e. The number of alkyl halides is 3. The van der Waals surface area contributed by atoms with E-state index in [1.807, 2.05) is 18.3 Å². The Balaban J connectivity index is 1.35. The fourth-order valence-electron chi connectivity index (χ4n) is 3.55. The quantitative estimate of drug-likeness (QED) is 0.367. The number of ether oxygens (including phenoxy) is 1. The number of fused-ring (bicyclic) bond motifs is 1. The number of halogens is 4. The van der Waals surface area contributed by atoms with Gasteiger partial charge in [0.2, 0.25) is 0 Å². The van der Waals surface area contributed by atoms with Crippen molar-refractivity contribution in [2.75, 3.05) is 5.32 Å². The van der Waals surface area contributed by atoms with E-state index < -0.39 is 6.36 Å². The summed E-state index contributed by atoms with van der Waals surface area (Å²) in [5.41, 5.74) is 3.41. The number of pyridine rings is 1. The molecule has 0 radical (unpaired) electrons. The van der Waals surface area contributed by atoms with Crippen molar-refractivity contribution in [3.8, 4) is 17.0 Å². The number of rotatable bonds is 6. The second kappa shape index (κ2) is 7.98. The second-order valence-electron chi connectivity index (χ2n) is 7.52. The fraction of sp³-hybridized carbons (Fsp3) is 0.227. The lowest BCUT2D eigenvalue weighted by Gasteiger charge is -2.13. The SMILES string of the molecule is FC(F)(F)Oc1cccnc1-c1ccc(CNc2cc(Cl)nc3c(C4CC4)cnn23)cc1. The van der Waals surface area contributed by atoms with Crippen LogP contribution in [0.5, 0.6) is 5.75 Å². The normalized spacial score (nSPS) is 14.0. The minimum Gasteiger partial charge on any atom is -0.403 e. The third kappa shape index (κ3) is 4.34. The lowest BCUT2D eigenvalue weighted by molar-refractivity contribution is -0.274. The highest BCUT2D eigenvalue weighted by atomic mass is 35.5. The monoisotopic (exact) mass is 459 g/mol. The van der Waals surface area contributed by atoms with E-state index in [1.165, 1.54) is 18.3 Å². The first-order valence-corrected chi connectivity index (χ1v) is 10.3. The van der Waals surface area contributed by atoms with Crippen LogP contribution in [-0.2, 0) is 6.54 Å². The summed E-state index contributed by atoms with van der Waals surface area (Å²) in [6, 6.07) is 11.4. The minimum absolute atomic E-state index is 0.121. The first-order valence-electron chi connectivity index (χ1n) is 9.95. The standard InChI is InChI=1S/C22H17ClF3N5O/c23-18-10-19(31-21(30-18)16(12-29-31)14-7-8-14)28-11-13-3-5-15(6-4-13)20-17(2-1-9-27-20)32-22(24,25)26/h1-6,9-10,12,14,28H,7-8,11H2. The van der Waals surface area contributed by atoms with Crippen LogP contribution < -0.4 is 10.1 Å². The summed E-state index contributed by atoms with van der Waals surface area (Å²) >= 11 is 6.22. The number of hydrogen-bond acceptors (Lipinski definition) is 5. The number of nitrogens with zero attached hydrogens (tertiary/aromatic N) is 4. The Morgan fingerprint density at radius 2 is 1.94 bits per heavy atom. The molecule has 0 bridgehead atoms. The van der Waals surface area contributed by atoms with E-state index in [0.717, 1.165) is 29.6 Å². The predicted octanol–water partition coefficient (Wildman–Crippen LogP) is 5.83. The average molecular weight is 460 g/mol. The van der Waals surface area contributed by atoms with E-state index in [0.29, 0.717) is 29.0 Å². The molecule has 10 heteroatoms. The Morgan fingerprint density at radius 3 is 2.66 bits per heavy atom. The van der Waals surface area contributed by atoms with Gasteiger partial charge in [-0.25, -0.2) is 4.98 Å². The molecule has 0 unspecified atom stereocenters. The van der Waals surface area contributed by atoms with Crippen LogP contribution >= 0.6 is 11.6 Å². The number of hydrogen-bond donors (Lipinski definition) is 1. The van der Waals surface area contributed by atoms with Crippen LogP contribution in [0.25, 0.3) is 16.9 Å². The molecular weight excluding hydrogens is 443 g/mol. The fourth-order valence-corrected chi connectivity index (χ4v) is 3.73. The molecule has 1 saturated carbocycles. The van der Waals surface area contributed by atoms with Crippen molar-refractivity contribution in [1.82, 2.24) is 19.6 Å². The van der Waals surface area contributed by atoms with E-state index in [9.17, 15) is 13.2 Å². The van der Waals surface area contributed by atoms with Crippen molar-refractivity contribution in [3.05, 3.63) is 71.1 Å². The number of nitrogens with one attached hydrogen (secondary N) is 1. The van der Waals surface area contributed by atoms with Crippen LogP contribution in [0.1, 0.15) is 29.9 Å². The molecule has 0 aliphatic heterocycles. The van der Waals surface area contributed by atoms with E-state index >= 15 is 0 Å². The van der Waals surface area contributed by atoms with E-state index in [2.05, 4.69) is 25.1 Å². The predicted molar refractivity (Wildman–Crippen MR) is 114 cm³/mol. The van der Waals surface area contributed by atoms with Crippen molar-refractivity contribution in [2.45, 2.75) is 31.7 Å². The molecule has 1 aromatic carbocycles. The lowest BCUT2D eigenvalue weighted by Crippen LogP contribution is -2.17. The zero-order valence-electron chi connectivity index (χ0n) is 16.6. The van der Waals surface area contributed by atoms with Gasteiger partial charge in [0, 0.05) is 29.9 Å². The summed E-state index contributed by atoms with van der Waals surface area (Å²) in [6.07, 6.45) is 0.744. The van der Waals surface area contributed by atoms with Crippen molar-refractivity contribution in [2.24, 2.45) is 0 Å². The summed E-state index contributed by atoms with van der Waals surface area (Å²) in [6.45, 7) is 0.461. The molecule has 32 heavy (non-hydrogen) atoms. The van der Waals surface area contributed by atoms with Crippen molar-refractivity contribution in [3.63, 3.8) is 0 Å². The third-order valence-electron chi connectivity index (χ3n) is 5.18. The Labute approximate surface area is 186 Å². The maximum Gasteiger partial charge on any atom is 0.573 e. The molecular formula is C22H17ClF3N5O. The zero-order valence-corrected chi connectivity index (χ0v) is 17.4. The molecule has 1 aliphatic carbocycles. The summed E-state index contributed by atoms with van der Waals surface area (Å²) in [7, 11) is 0. The van der Waals surface area contributed by atoms with Gasteiger partial charge in [-0.05, 0) is 36.5 Å². The van der Waals surface area contributed by atoms with Gasteiger partial charge in [0.1, 0.15) is 16.7 Å². The largest absolute Gasteiger partial charge is 0.573 e. The van der Waals surface area contributed by atoms with Gasteiger partial charge in [-0.3, -0.25) is 4.98 Å². The molecule has 3 heterocycles. The lowest BCUT2D eigenvalue weighted by atomic mass is 10.1. The molecule has 0 saturated heterocycles. The molecule has 0 amide bonds. The molecule has 0 atom stereocenters. The van der Waals surface area contributed by atoms with Gasteiger partial charge in [-0.2, -0.15) is 9.61 Å². The molecule has 6 nitrogen and oxygen atoms in total. The Morgan fingerprint density at radius 1 is 1.16 bits per heavy atom. The first kappa shape index (κ1) is 20.6. The molecule has 1 aliphatic rings. The molecule has 164 valence electrons. The van der Waals surface area contributed by atoms with Gasteiger partial charge in [0.25, 0.3) is 0 Å². The Hall–Kier alpha value is -3.33. The highest BCUT2D eigenvalue weighted by molar-refractivity contribution is 6.29. The van der Waals surface area contributed by atoms with E-state index in [-0.39, 0.29) is 11.4 Å². The zero-order chi connectivity index (χ0) is 22.3. The Bertz CT molecular complexity index is 1270. The molecule has 3 aromatic heterocycles. The highest BCUT2D eigenvalue weighted by Crippen LogP contribution is 2.42. The average Bonchev–Trinajstić information content (AvgIpc) is 3.51. The minimum atomic E-state index is -4.79. The van der Waals surface area contributed by atoms with Crippen LogP contribution in [0.2, 0.25) is 5.15 Å². The van der Waals surface area contributed by atoms with Crippen molar-refractivity contribution < 1.29 is 17.9 Å². The second-order valence-corrected chi connectivity index (χ2v) is 7.91. The summed E-state index contributed by atoms with van der Waals surface area (Å²) in [4.78, 5) is 8.47. The van der Waals surface area contributed by atoms with Gasteiger partial charge in [0.05, 0.1) is 6.20 Å². The van der Waals surface area contributed by atoms with Gasteiger partial charge in [-0.1, -0.05) is 35.9 Å². The van der Waals surface area contributed by atoms with Crippen molar-refractivity contribution >= 4 is 23.1 Å². The topological polar surface area (TPSA) is 64.3 Å². The maximum absolute atomic E-state index is 12.7. The van der Waals surface area contributed by atoms with Crippen molar-refractivity contribution in [1.29, 1.82) is 0 Å². The summed E-state index contributed by atoms with van der Waals surface area (Å²) < 4.78 is 43.9. The van der Waals surface area contributed by atoms with Crippen LogP contribution in [0.3, 0.4) is 0 Å². The van der Waals surface area contributed by atoms with Gasteiger partial charge in [-0.15, -0.1) is 13.2 Å². The molecule has 0 spiro atoms. The summed E-state index contributed by atoms with van der Waals surface area (Å²) in [5, 5.41) is 8.13. The Kier molecular flexibility index (Phi) is 5.13.